The van der Waals surface area contributed by atoms with Gasteiger partial charge in [0, 0.05) is 0 Å². The van der Waals surface area contributed by atoms with Gasteiger partial charge in [-0.2, -0.15) is 10.2 Å². The number of rotatable bonds is 4. The van der Waals surface area contributed by atoms with Gasteiger partial charge < -0.3 is 10.2 Å². The number of aromatic carboxylic acids is 2. The molecule has 0 aliphatic heterocycles. The Morgan fingerprint density at radius 1 is 0.727 bits per heavy atom. The van der Waals surface area contributed by atoms with E-state index in [1.807, 2.05) is 32.0 Å². The van der Waals surface area contributed by atoms with Crippen molar-refractivity contribution in [2.45, 2.75) is 13.8 Å². The quantitative estimate of drug-likeness (QED) is 0.829. The highest BCUT2D eigenvalue weighted by Crippen LogP contribution is 2.23. The Morgan fingerprint density at radius 3 is 1.55 bits per heavy atom. The first-order valence-corrected chi connectivity index (χ1v) is 6.47. The molecule has 2 rings (SSSR count). The Labute approximate surface area is 126 Å². The van der Waals surface area contributed by atoms with Crippen LogP contribution in [0.15, 0.2) is 46.6 Å². The van der Waals surface area contributed by atoms with Crippen LogP contribution < -0.4 is 0 Å². The van der Waals surface area contributed by atoms with Crippen molar-refractivity contribution in [2.75, 3.05) is 0 Å². The highest BCUT2D eigenvalue weighted by Gasteiger charge is 2.11. The summed E-state index contributed by atoms with van der Waals surface area (Å²) in [5, 5.41) is 26.0. The Balaban J connectivity index is 2.41. The summed E-state index contributed by atoms with van der Waals surface area (Å²) in [6.45, 7) is 3.86. The number of aryl methyl sites for hydroxylation is 2. The van der Waals surface area contributed by atoms with Gasteiger partial charge in [-0.05, 0) is 55.3 Å². The van der Waals surface area contributed by atoms with Crippen molar-refractivity contribution < 1.29 is 19.8 Å². The van der Waals surface area contributed by atoms with E-state index in [0.717, 1.165) is 17.2 Å². The van der Waals surface area contributed by atoms with E-state index in [2.05, 4.69) is 10.2 Å². The van der Waals surface area contributed by atoms with Gasteiger partial charge in [-0.25, -0.2) is 9.59 Å². The third-order valence-electron chi connectivity index (χ3n) is 2.90. The second kappa shape index (κ2) is 6.17. The molecule has 0 heterocycles. The van der Waals surface area contributed by atoms with Gasteiger partial charge in [-0.1, -0.05) is 6.07 Å². The van der Waals surface area contributed by atoms with Crippen LogP contribution >= 0.6 is 0 Å². The first kappa shape index (κ1) is 15.4. The average Bonchev–Trinajstić information content (AvgIpc) is 2.43. The van der Waals surface area contributed by atoms with Crippen molar-refractivity contribution in [1.82, 2.24) is 0 Å². The minimum atomic E-state index is -1.22. The van der Waals surface area contributed by atoms with E-state index < -0.39 is 11.9 Å². The van der Waals surface area contributed by atoms with E-state index in [1.165, 1.54) is 12.1 Å². The van der Waals surface area contributed by atoms with Crippen molar-refractivity contribution in [1.29, 1.82) is 0 Å². The van der Waals surface area contributed by atoms with Gasteiger partial charge in [0.05, 0.1) is 22.5 Å². The number of hydrogen-bond acceptors (Lipinski definition) is 4. The first-order valence-electron chi connectivity index (χ1n) is 6.47. The molecule has 112 valence electrons. The van der Waals surface area contributed by atoms with Crippen molar-refractivity contribution in [3.05, 3.63) is 58.7 Å². The summed E-state index contributed by atoms with van der Waals surface area (Å²) < 4.78 is 0. The van der Waals surface area contributed by atoms with Crippen LogP contribution in [0.25, 0.3) is 0 Å². The summed E-state index contributed by atoms with van der Waals surface area (Å²) in [6.07, 6.45) is 0. The van der Waals surface area contributed by atoms with E-state index in [0.29, 0.717) is 5.69 Å². The van der Waals surface area contributed by atoms with Crippen LogP contribution in [0.5, 0.6) is 0 Å². The van der Waals surface area contributed by atoms with E-state index >= 15 is 0 Å². The molecule has 2 N–H and O–H groups in total. The van der Waals surface area contributed by atoms with Crippen LogP contribution in [0.4, 0.5) is 11.4 Å². The molecule has 2 aromatic rings. The molecular formula is C16H14N2O4. The molecule has 0 unspecified atom stereocenters. The monoisotopic (exact) mass is 298 g/mol. The summed E-state index contributed by atoms with van der Waals surface area (Å²) in [7, 11) is 0. The van der Waals surface area contributed by atoms with Gasteiger partial charge in [0.1, 0.15) is 0 Å². The van der Waals surface area contributed by atoms with E-state index in [4.69, 9.17) is 10.2 Å². The SMILES string of the molecule is Cc1cc(C)cc(/N=N/c2cc(C(=O)O)cc(C(=O)O)c2)c1. The third-order valence-corrected chi connectivity index (χ3v) is 2.90. The largest absolute Gasteiger partial charge is 0.478 e. The maximum Gasteiger partial charge on any atom is 0.335 e. The Bertz CT molecular complexity index is 729. The molecule has 0 saturated carbocycles. The average molecular weight is 298 g/mol. The summed E-state index contributed by atoms with van der Waals surface area (Å²) in [5.74, 6) is -2.43. The van der Waals surface area contributed by atoms with Gasteiger partial charge in [-0.3, -0.25) is 0 Å². The second-order valence-electron chi connectivity index (χ2n) is 4.92. The van der Waals surface area contributed by atoms with Crippen LogP contribution in [0, 0.1) is 13.8 Å². The number of carbonyl (C=O) groups is 2. The zero-order valence-electron chi connectivity index (χ0n) is 12.1. The van der Waals surface area contributed by atoms with Gasteiger partial charge in [0.25, 0.3) is 0 Å². The van der Waals surface area contributed by atoms with Gasteiger partial charge in [-0.15, -0.1) is 0 Å². The molecular weight excluding hydrogens is 284 g/mol. The third kappa shape index (κ3) is 3.76. The van der Waals surface area contributed by atoms with E-state index in [-0.39, 0.29) is 16.8 Å². The van der Waals surface area contributed by atoms with E-state index in [9.17, 15) is 9.59 Å². The maximum atomic E-state index is 11.0. The first-order chi connectivity index (χ1) is 10.3. The molecule has 0 bridgehead atoms. The summed E-state index contributed by atoms with van der Waals surface area (Å²) >= 11 is 0. The summed E-state index contributed by atoms with van der Waals surface area (Å²) in [6, 6.07) is 9.29. The zero-order chi connectivity index (χ0) is 16.3. The van der Waals surface area contributed by atoms with E-state index in [1.54, 1.807) is 0 Å². The molecule has 6 nitrogen and oxygen atoms in total. The Morgan fingerprint density at radius 2 is 1.14 bits per heavy atom. The molecule has 6 heteroatoms. The molecule has 22 heavy (non-hydrogen) atoms. The lowest BCUT2D eigenvalue weighted by Gasteiger charge is -2.01. The number of azo groups is 1. The lowest BCUT2D eigenvalue weighted by molar-refractivity contribution is 0.0696. The Hall–Kier alpha value is -3.02. The normalized spacial score (nSPS) is 10.8. The topological polar surface area (TPSA) is 99.3 Å². The summed E-state index contributed by atoms with van der Waals surface area (Å²) in [5.41, 5.74) is 2.56. The molecule has 0 aromatic heterocycles. The van der Waals surface area contributed by atoms with Crippen LogP contribution in [0.2, 0.25) is 0 Å². The zero-order valence-corrected chi connectivity index (χ0v) is 12.1. The van der Waals surface area contributed by atoms with Gasteiger partial charge >= 0.3 is 11.9 Å². The van der Waals surface area contributed by atoms with Crippen LogP contribution in [0.1, 0.15) is 31.8 Å². The maximum absolute atomic E-state index is 11.0. The van der Waals surface area contributed by atoms with Gasteiger partial charge in [0.2, 0.25) is 0 Å². The fourth-order valence-electron chi connectivity index (χ4n) is 2.04. The Kier molecular flexibility index (Phi) is 4.31. The summed E-state index contributed by atoms with van der Waals surface area (Å²) in [4.78, 5) is 22.1. The van der Waals surface area contributed by atoms with Crippen LogP contribution in [0.3, 0.4) is 0 Å². The minimum absolute atomic E-state index is 0.144. The van der Waals surface area contributed by atoms with Crippen molar-refractivity contribution in [3.8, 4) is 0 Å². The molecule has 0 spiro atoms. The highest BCUT2D eigenvalue weighted by molar-refractivity contribution is 5.95. The predicted molar refractivity (Wildman–Crippen MR) is 80.5 cm³/mol. The number of carboxylic acids is 2. The number of nitrogens with zero attached hydrogens (tertiary/aromatic N) is 2. The van der Waals surface area contributed by atoms with Crippen LogP contribution in [-0.4, -0.2) is 22.2 Å². The molecule has 0 atom stereocenters. The van der Waals surface area contributed by atoms with Crippen molar-refractivity contribution in [3.63, 3.8) is 0 Å². The van der Waals surface area contributed by atoms with Crippen molar-refractivity contribution in [2.24, 2.45) is 10.2 Å². The molecule has 0 radical (unpaired) electrons. The molecule has 0 aliphatic carbocycles. The number of carboxylic acid groups (broad SMARTS) is 2. The molecule has 0 amide bonds. The number of benzene rings is 2. The predicted octanol–water partition coefficient (Wildman–Crippen LogP) is 4.12. The number of hydrogen-bond donors (Lipinski definition) is 2. The molecule has 0 aliphatic rings. The lowest BCUT2D eigenvalue weighted by Crippen LogP contribution is -2.01. The standard InChI is InChI=1S/C16H14N2O4/c1-9-3-10(2)5-13(4-9)17-18-14-7-11(15(19)20)6-12(8-14)16(21)22/h3-8H,1-2H3,(H,19,20)(H,21,22)/b18-17+. The van der Waals surface area contributed by atoms with Gasteiger partial charge in [0.15, 0.2) is 0 Å². The molecule has 2 aromatic carbocycles. The van der Waals surface area contributed by atoms with Crippen molar-refractivity contribution >= 4 is 23.3 Å². The fourth-order valence-corrected chi connectivity index (χ4v) is 2.04. The lowest BCUT2D eigenvalue weighted by atomic mass is 10.1. The smallest absolute Gasteiger partial charge is 0.335 e. The molecule has 0 fully saturated rings. The molecule has 0 saturated heterocycles. The van der Waals surface area contributed by atoms with Crippen LogP contribution in [-0.2, 0) is 0 Å². The highest BCUT2D eigenvalue weighted by atomic mass is 16.4. The second-order valence-corrected chi connectivity index (χ2v) is 4.92. The minimum Gasteiger partial charge on any atom is -0.478 e. The fraction of sp³-hybridized carbons (Fsp3) is 0.125.